The average molecular weight is 337 g/mol. The lowest BCUT2D eigenvalue weighted by molar-refractivity contribution is 0.0758. The Labute approximate surface area is 127 Å². The molecule has 0 bridgehead atoms. The van der Waals surface area contributed by atoms with Crippen LogP contribution in [-0.4, -0.2) is 39.4 Å². The number of hydrogen-bond donors (Lipinski definition) is 1. The lowest BCUT2D eigenvalue weighted by Crippen LogP contribution is -2.34. The Bertz CT molecular complexity index is 549. The van der Waals surface area contributed by atoms with Crippen LogP contribution in [0.3, 0.4) is 0 Å². The van der Waals surface area contributed by atoms with Gasteiger partial charge in [-0.3, -0.25) is 4.79 Å². The normalized spacial score (nSPS) is 13.9. The van der Waals surface area contributed by atoms with Gasteiger partial charge in [0.15, 0.2) is 0 Å². The first-order valence-corrected chi connectivity index (χ1v) is 7.35. The predicted molar refractivity (Wildman–Crippen MR) is 81.4 cm³/mol. The number of hydrogen-bond acceptors (Lipinski definition) is 4. The number of halogens is 1. The molecule has 1 saturated carbocycles. The number of nitrogens with zero attached hydrogens (tertiary/aromatic N) is 3. The van der Waals surface area contributed by atoms with Crippen LogP contribution < -0.4 is 5.32 Å². The Kier molecular flexibility index (Phi) is 4.61. The second-order valence-electron chi connectivity index (χ2n) is 5.06. The summed E-state index contributed by atoms with van der Waals surface area (Å²) in [6, 6.07) is 0.450. The number of aromatic nitrogens is 2. The lowest BCUT2D eigenvalue weighted by atomic mass is 10.3. The number of rotatable bonds is 5. The first-order chi connectivity index (χ1) is 9.52. The second kappa shape index (κ2) is 6.23. The average Bonchev–Trinajstić information content (AvgIpc) is 3.21. The molecule has 5 nitrogen and oxygen atoms in total. The minimum absolute atomic E-state index is 0.147. The molecular formula is C14H17BrN4O. The van der Waals surface area contributed by atoms with Crippen molar-refractivity contribution < 1.29 is 4.79 Å². The van der Waals surface area contributed by atoms with Crippen molar-refractivity contribution in [3.63, 3.8) is 0 Å². The molecular weight excluding hydrogens is 320 g/mol. The van der Waals surface area contributed by atoms with Gasteiger partial charge in [-0.15, -0.1) is 6.42 Å². The van der Waals surface area contributed by atoms with Crippen molar-refractivity contribution in [2.75, 3.05) is 11.9 Å². The maximum absolute atomic E-state index is 12.6. The zero-order valence-corrected chi connectivity index (χ0v) is 13.1. The first-order valence-electron chi connectivity index (χ1n) is 6.56. The maximum Gasteiger partial charge on any atom is 0.274 e. The number of anilines is 1. The van der Waals surface area contributed by atoms with Gasteiger partial charge in [0.25, 0.3) is 5.91 Å². The van der Waals surface area contributed by atoms with E-state index in [1.54, 1.807) is 11.1 Å². The van der Waals surface area contributed by atoms with E-state index >= 15 is 0 Å². The van der Waals surface area contributed by atoms with Crippen molar-refractivity contribution in [3.05, 3.63) is 16.4 Å². The van der Waals surface area contributed by atoms with Crippen molar-refractivity contribution in [1.29, 1.82) is 0 Å². The standard InChI is InChI=1S/C14H17BrN4O/c1-4-7-19(10-5-6-10)13(20)12-11(15)8-16-14(18-12)17-9(2)3/h1,8-10H,5-7H2,2-3H3,(H,16,17,18). The van der Waals surface area contributed by atoms with Crippen molar-refractivity contribution in [3.8, 4) is 12.3 Å². The van der Waals surface area contributed by atoms with Crippen LogP contribution >= 0.6 is 15.9 Å². The quantitative estimate of drug-likeness (QED) is 0.838. The number of carbonyl (C=O) groups is 1. The number of carbonyl (C=O) groups excluding carboxylic acids is 1. The summed E-state index contributed by atoms with van der Waals surface area (Å²) >= 11 is 3.33. The summed E-state index contributed by atoms with van der Waals surface area (Å²) in [6.07, 6.45) is 8.95. The summed E-state index contributed by atoms with van der Waals surface area (Å²) in [7, 11) is 0. The van der Waals surface area contributed by atoms with Crippen LogP contribution in [0.25, 0.3) is 0 Å². The summed E-state index contributed by atoms with van der Waals surface area (Å²) in [5, 5.41) is 3.09. The molecule has 1 amide bonds. The minimum Gasteiger partial charge on any atom is -0.352 e. The third kappa shape index (κ3) is 3.48. The van der Waals surface area contributed by atoms with Crippen LogP contribution in [0.4, 0.5) is 5.95 Å². The van der Waals surface area contributed by atoms with Crippen LogP contribution in [0.15, 0.2) is 10.7 Å². The van der Waals surface area contributed by atoms with E-state index in [-0.39, 0.29) is 18.0 Å². The van der Waals surface area contributed by atoms with E-state index < -0.39 is 0 Å². The highest BCUT2D eigenvalue weighted by Gasteiger charge is 2.34. The van der Waals surface area contributed by atoms with Crippen LogP contribution in [-0.2, 0) is 0 Å². The van der Waals surface area contributed by atoms with Gasteiger partial charge in [-0.2, -0.15) is 0 Å². The first kappa shape index (κ1) is 14.8. The molecule has 20 heavy (non-hydrogen) atoms. The van der Waals surface area contributed by atoms with Gasteiger partial charge >= 0.3 is 0 Å². The van der Waals surface area contributed by atoms with Crippen molar-refractivity contribution >= 4 is 27.8 Å². The number of amides is 1. The maximum atomic E-state index is 12.6. The summed E-state index contributed by atoms with van der Waals surface area (Å²) in [4.78, 5) is 22.7. The highest BCUT2D eigenvalue weighted by molar-refractivity contribution is 9.10. The molecule has 0 saturated heterocycles. The van der Waals surface area contributed by atoms with E-state index in [0.29, 0.717) is 22.7 Å². The molecule has 1 aromatic heterocycles. The van der Waals surface area contributed by atoms with Crippen LogP contribution in [0.5, 0.6) is 0 Å². The van der Waals surface area contributed by atoms with E-state index in [0.717, 1.165) is 12.8 Å². The lowest BCUT2D eigenvalue weighted by Gasteiger charge is -2.20. The van der Waals surface area contributed by atoms with E-state index in [1.165, 1.54) is 0 Å². The highest BCUT2D eigenvalue weighted by Crippen LogP contribution is 2.29. The van der Waals surface area contributed by atoms with Gasteiger partial charge in [0, 0.05) is 18.3 Å². The predicted octanol–water partition coefficient (Wildman–Crippen LogP) is 2.30. The Hall–Kier alpha value is -1.61. The summed E-state index contributed by atoms with van der Waals surface area (Å²) < 4.78 is 0.583. The van der Waals surface area contributed by atoms with E-state index in [1.807, 2.05) is 13.8 Å². The van der Waals surface area contributed by atoms with Crippen molar-refractivity contribution in [2.45, 2.75) is 38.8 Å². The Balaban J connectivity index is 2.25. The summed E-state index contributed by atoms with van der Waals surface area (Å²) in [5.41, 5.74) is 0.352. The zero-order valence-electron chi connectivity index (χ0n) is 11.6. The largest absolute Gasteiger partial charge is 0.352 e. The fourth-order valence-corrected chi connectivity index (χ4v) is 2.19. The van der Waals surface area contributed by atoms with Crippen LogP contribution in [0.2, 0.25) is 0 Å². The van der Waals surface area contributed by atoms with E-state index in [2.05, 4.69) is 37.1 Å². The SMILES string of the molecule is C#CCN(C(=O)c1nc(NC(C)C)ncc1Br)C1CC1. The van der Waals surface area contributed by atoms with Gasteiger partial charge in [-0.25, -0.2) is 9.97 Å². The van der Waals surface area contributed by atoms with Gasteiger partial charge in [0.2, 0.25) is 5.95 Å². The van der Waals surface area contributed by atoms with E-state index in [4.69, 9.17) is 6.42 Å². The topological polar surface area (TPSA) is 58.1 Å². The van der Waals surface area contributed by atoms with Gasteiger partial charge in [-0.1, -0.05) is 5.92 Å². The molecule has 106 valence electrons. The summed E-state index contributed by atoms with van der Waals surface area (Å²) in [6.45, 7) is 4.29. The van der Waals surface area contributed by atoms with E-state index in [9.17, 15) is 4.79 Å². The fourth-order valence-electron chi connectivity index (χ4n) is 1.83. The molecule has 0 atom stereocenters. The van der Waals surface area contributed by atoms with Gasteiger partial charge in [-0.05, 0) is 42.6 Å². The molecule has 0 aliphatic heterocycles. The summed E-state index contributed by atoms with van der Waals surface area (Å²) in [5.74, 6) is 2.84. The molecule has 0 spiro atoms. The molecule has 1 aliphatic carbocycles. The molecule has 0 radical (unpaired) electrons. The third-order valence-corrected chi connectivity index (χ3v) is 3.45. The van der Waals surface area contributed by atoms with Gasteiger partial charge in [0.1, 0.15) is 5.69 Å². The molecule has 2 rings (SSSR count). The van der Waals surface area contributed by atoms with Crippen LogP contribution in [0, 0.1) is 12.3 Å². The monoisotopic (exact) mass is 336 g/mol. The van der Waals surface area contributed by atoms with Gasteiger partial charge < -0.3 is 10.2 Å². The number of nitrogens with one attached hydrogen (secondary N) is 1. The van der Waals surface area contributed by atoms with Crippen molar-refractivity contribution in [1.82, 2.24) is 14.9 Å². The fraction of sp³-hybridized carbons (Fsp3) is 0.500. The molecule has 0 unspecified atom stereocenters. The second-order valence-corrected chi connectivity index (χ2v) is 5.91. The van der Waals surface area contributed by atoms with Crippen LogP contribution in [0.1, 0.15) is 37.2 Å². The molecule has 1 heterocycles. The minimum atomic E-state index is -0.147. The molecule has 1 aromatic rings. The molecule has 1 aliphatic rings. The van der Waals surface area contributed by atoms with Gasteiger partial charge in [0.05, 0.1) is 11.0 Å². The third-order valence-electron chi connectivity index (χ3n) is 2.87. The Morgan fingerprint density at radius 1 is 1.65 bits per heavy atom. The smallest absolute Gasteiger partial charge is 0.274 e. The Morgan fingerprint density at radius 3 is 2.90 bits per heavy atom. The molecule has 1 fully saturated rings. The highest BCUT2D eigenvalue weighted by atomic mass is 79.9. The molecule has 1 N–H and O–H groups in total. The zero-order chi connectivity index (χ0) is 14.7. The Morgan fingerprint density at radius 2 is 2.35 bits per heavy atom. The molecule has 6 heteroatoms. The van der Waals surface area contributed by atoms with Crippen molar-refractivity contribution in [2.24, 2.45) is 0 Å². The number of terminal acetylenes is 1. The molecule has 0 aromatic carbocycles.